The van der Waals surface area contributed by atoms with Crippen LogP contribution in [0.5, 0.6) is 5.75 Å². The zero-order valence-electron chi connectivity index (χ0n) is 10.3. The monoisotopic (exact) mass is 297 g/mol. The number of hydrogen-bond donors (Lipinski definition) is 1. The molecule has 0 fully saturated rings. The maximum absolute atomic E-state index is 12.8. The summed E-state index contributed by atoms with van der Waals surface area (Å²) in [6.45, 7) is 0.167. The molecule has 5 nitrogen and oxygen atoms in total. The molecule has 112 valence electrons. The third-order valence-electron chi connectivity index (χ3n) is 2.26. The number of carbonyl (C=O) groups is 1. The number of ether oxygens (including phenoxy) is 2. The summed E-state index contributed by atoms with van der Waals surface area (Å²) in [5.74, 6) is -1.72. The van der Waals surface area contributed by atoms with Crippen molar-refractivity contribution in [1.29, 1.82) is 0 Å². The lowest BCUT2D eigenvalue weighted by Crippen LogP contribution is -2.23. The highest BCUT2D eigenvalue weighted by molar-refractivity contribution is 5.74. The predicted molar refractivity (Wildman–Crippen MR) is 58.9 cm³/mol. The van der Waals surface area contributed by atoms with Crippen molar-refractivity contribution in [3.05, 3.63) is 27.7 Å². The van der Waals surface area contributed by atoms with E-state index in [-0.39, 0.29) is 6.61 Å². The van der Waals surface area contributed by atoms with Crippen molar-refractivity contribution in [2.45, 2.75) is 26.4 Å². The molecule has 0 atom stereocenters. The Hall–Kier alpha value is -2.06. The van der Waals surface area contributed by atoms with Gasteiger partial charge in [0.25, 0.3) is 5.56 Å². The zero-order chi connectivity index (χ0) is 15.3. The summed E-state index contributed by atoms with van der Waals surface area (Å²) in [7, 11) is 0. The lowest BCUT2D eigenvalue weighted by molar-refractivity contribution is -0.275. The maximum atomic E-state index is 12.8. The third kappa shape index (κ3) is 4.25. The molecule has 0 aliphatic carbocycles. The van der Waals surface area contributed by atoms with E-state index in [0.29, 0.717) is 6.20 Å². The third-order valence-corrected chi connectivity index (χ3v) is 2.26. The number of rotatable bonds is 5. The maximum Gasteiger partial charge on any atom is 0.573 e. The molecule has 9 heteroatoms. The summed E-state index contributed by atoms with van der Waals surface area (Å²) in [6, 6.07) is 0. The first-order chi connectivity index (χ1) is 9.28. The van der Waals surface area contributed by atoms with Gasteiger partial charge in [0.2, 0.25) is 0 Å². The average molecular weight is 297 g/mol. The first kappa shape index (κ1) is 16.0. The van der Waals surface area contributed by atoms with E-state index in [4.69, 9.17) is 0 Å². The molecule has 0 aliphatic rings. The van der Waals surface area contributed by atoms with Crippen molar-refractivity contribution in [3.63, 3.8) is 0 Å². The van der Waals surface area contributed by atoms with Gasteiger partial charge in [-0.3, -0.25) is 9.59 Å². The van der Waals surface area contributed by atoms with E-state index in [9.17, 15) is 27.2 Å². The minimum atomic E-state index is -5.03. The molecule has 1 heterocycles. The highest BCUT2D eigenvalue weighted by Gasteiger charge is 2.33. The molecule has 0 radical (unpaired) electrons. The van der Waals surface area contributed by atoms with Crippen LogP contribution in [0.3, 0.4) is 0 Å². The lowest BCUT2D eigenvalue weighted by Gasteiger charge is -2.14. The summed E-state index contributed by atoms with van der Waals surface area (Å²) >= 11 is 0. The molecule has 0 saturated heterocycles. The van der Waals surface area contributed by atoms with Crippen molar-refractivity contribution in [2.75, 3.05) is 6.61 Å². The molecule has 0 amide bonds. The quantitative estimate of drug-likeness (QED) is 0.665. The Morgan fingerprint density at radius 2 is 2.00 bits per heavy atom. The number of aromatic nitrogens is 1. The number of aromatic amines is 1. The van der Waals surface area contributed by atoms with Crippen LogP contribution in [0.15, 0.2) is 11.0 Å². The Bertz CT molecular complexity index is 538. The number of H-pyrrole nitrogens is 1. The van der Waals surface area contributed by atoms with Crippen LogP contribution in [0.25, 0.3) is 0 Å². The van der Waals surface area contributed by atoms with E-state index in [0.717, 1.165) is 0 Å². The number of pyridine rings is 1. The summed E-state index contributed by atoms with van der Waals surface area (Å²) in [4.78, 5) is 24.6. The molecule has 1 rings (SSSR count). The van der Waals surface area contributed by atoms with E-state index in [1.807, 2.05) is 4.98 Å². The van der Waals surface area contributed by atoms with Crippen LogP contribution >= 0.6 is 0 Å². The van der Waals surface area contributed by atoms with Crippen LogP contribution in [0.1, 0.15) is 18.1 Å². The summed E-state index contributed by atoms with van der Waals surface area (Å²) in [6.07, 6.45) is -5.10. The van der Waals surface area contributed by atoms with Crippen LogP contribution < -0.4 is 10.3 Å². The Labute approximate surface area is 110 Å². The number of halogens is 4. The second-order valence-electron chi connectivity index (χ2n) is 3.60. The van der Waals surface area contributed by atoms with Gasteiger partial charge in [0, 0.05) is 11.8 Å². The predicted octanol–water partition coefficient (Wildman–Crippen LogP) is 1.85. The molecule has 0 bridgehead atoms. The summed E-state index contributed by atoms with van der Waals surface area (Å²) < 4.78 is 57.7. The lowest BCUT2D eigenvalue weighted by atomic mass is 10.1. The molecule has 0 saturated carbocycles. The molecule has 0 aromatic carbocycles. The minimum Gasteiger partial charge on any atom is -0.466 e. The standard InChI is InChI=1S/C11H11F4NO4/c1-2-19-9(17)3-6-7(4-12)10(18)16-5-8(6)20-11(13,14)15/h5H,2-4H2,1H3,(H,16,18). The van der Waals surface area contributed by atoms with Gasteiger partial charge in [0.15, 0.2) is 0 Å². The van der Waals surface area contributed by atoms with E-state index in [1.165, 1.54) is 6.92 Å². The van der Waals surface area contributed by atoms with Gasteiger partial charge in [0.05, 0.1) is 18.6 Å². The van der Waals surface area contributed by atoms with Gasteiger partial charge >= 0.3 is 12.3 Å². The van der Waals surface area contributed by atoms with Crippen LogP contribution in [0.4, 0.5) is 17.6 Å². The molecule has 0 spiro atoms. The first-order valence-electron chi connectivity index (χ1n) is 5.49. The number of nitrogens with one attached hydrogen (secondary N) is 1. The first-order valence-corrected chi connectivity index (χ1v) is 5.49. The molecule has 0 unspecified atom stereocenters. The summed E-state index contributed by atoms with van der Waals surface area (Å²) in [5, 5.41) is 0. The Morgan fingerprint density at radius 1 is 1.35 bits per heavy atom. The van der Waals surface area contributed by atoms with Crippen LogP contribution in [0.2, 0.25) is 0 Å². The fourth-order valence-electron chi connectivity index (χ4n) is 1.50. The van der Waals surface area contributed by atoms with Crippen molar-refractivity contribution >= 4 is 5.97 Å². The number of hydrogen-bond acceptors (Lipinski definition) is 4. The Morgan fingerprint density at radius 3 is 2.50 bits per heavy atom. The second kappa shape index (κ2) is 6.40. The largest absolute Gasteiger partial charge is 0.573 e. The van der Waals surface area contributed by atoms with Gasteiger partial charge in [-0.1, -0.05) is 0 Å². The molecular formula is C11H11F4NO4. The van der Waals surface area contributed by atoms with Crippen molar-refractivity contribution < 1.29 is 31.8 Å². The fourth-order valence-corrected chi connectivity index (χ4v) is 1.50. The zero-order valence-corrected chi connectivity index (χ0v) is 10.3. The smallest absolute Gasteiger partial charge is 0.466 e. The highest BCUT2D eigenvalue weighted by atomic mass is 19.4. The highest BCUT2D eigenvalue weighted by Crippen LogP contribution is 2.27. The van der Waals surface area contributed by atoms with Crippen LogP contribution in [-0.2, 0) is 22.6 Å². The Kier molecular flexibility index (Phi) is 5.12. The van der Waals surface area contributed by atoms with Gasteiger partial charge < -0.3 is 14.5 Å². The molecular weight excluding hydrogens is 286 g/mol. The van der Waals surface area contributed by atoms with E-state index >= 15 is 0 Å². The van der Waals surface area contributed by atoms with Gasteiger partial charge in [-0.2, -0.15) is 0 Å². The van der Waals surface area contributed by atoms with Gasteiger partial charge in [-0.25, -0.2) is 4.39 Å². The molecule has 1 aromatic rings. The molecule has 1 N–H and O–H groups in total. The SMILES string of the molecule is CCOC(=O)Cc1c(OC(F)(F)F)c[nH]c(=O)c1CF. The topological polar surface area (TPSA) is 68.4 Å². The second-order valence-corrected chi connectivity index (χ2v) is 3.60. The van der Waals surface area contributed by atoms with Gasteiger partial charge in [-0.05, 0) is 6.92 Å². The van der Waals surface area contributed by atoms with Crippen molar-refractivity contribution in [3.8, 4) is 5.75 Å². The Balaban J connectivity index is 3.23. The van der Waals surface area contributed by atoms with E-state index < -0.39 is 47.9 Å². The van der Waals surface area contributed by atoms with Crippen molar-refractivity contribution in [2.24, 2.45) is 0 Å². The van der Waals surface area contributed by atoms with Crippen LogP contribution in [0, 0.1) is 0 Å². The van der Waals surface area contributed by atoms with Gasteiger partial charge in [-0.15, -0.1) is 13.2 Å². The van der Waals surface area contributed by atoms with E-state index in [2.05, 4.69) is 9.47 Å². The van der Waals surface area contributed by atoms with Crippen molar-refractivity contribution in [1.82, 2.24) is 4.98 Å². The number of esters is 1. The normalized spacial score (nSPS) is 11.2. The minimum absolute atomic E-state index is 0.00242. The summed E-state index contributed by atoms with van der Waals surface area (Å²) in [5.41, 5.74) is -2.01. The number of carbonyl (C=O) groups excluding carboxylic acids is 1. The molecule has 20 heavy (non-hydrogen) atoms. The number of alkyl halides is 4. The molecule has 1 aromatic heterocycles. The fraction of sp³-hybridized carbons (Fsp3) is 0.455. The molecule has 0 aliphatic heterocycles. The average Bonchev–Trinajstić information content (AvgIpc) is 2.32. The van der Waals surface area contributed by atoms with Gasteiger partial charge in [0.1, 0.15) is 12.4 Å². The van der Waals surface area contributed by atoms with E-state index in [1.54, 1.807) is 0 Å². The van der Waals surface area contributed by atoms with Crippen LogP contribution in [-0.4, -0.2) is 23.9 Å².